The number of nitrogens with zero attached hydrogens (tertiary/aromatic N) is 1. The Morgan fingerprint density at radius 1 is 1.42 bits per heavy atom. The Balaban J connectivity index is 2.13. The molecule has 0 bridgehead atoms. The molecule has 19 heavy (non-hydrogen) atoms. The van der Waals surface area contributed by atoms with Crippen LogP contribution in [0.3, 0.4) is 0 Å². The second kappa shape index (κ2) is 5.71. The summed E-state index contributed by atoms with van der Waals surface area (Å²) in [6.45, 7) is 3.76. The monoisotopic (exact) mass is 337 g/mol. The van der Waals surface area contributed by atoms with Gasteiger partial charge in [-0.2, -0.15) is 0 Å². The lowest BCUT2D eigenvalue weighted by Crippen LogP contribution is -2.26. The molecule has 0 N–H and O–H groups in total. The number of benzene rings is 1. The Kier molecular flexibility index (Phi) is 4.40. The molecule has 0 unspecified atom stereocenters. The fraction of sp³-hybridized carbons (Fsp3) is 0.538. The van der Waals surface area contributed by atoms with E-state index in [1.54, 1.807) is 6.07 Å². The fourth-order valence-electron chi connectivity index (χ4n) is 2.32. The molecule has 2 nitrogen and oxygen atoms in total. The van der Waals surface area contributed by atoms with Gasteiger partial charge in [0.15, 0.2) is 0 Å². The van der Waals surface area contributed by atoms with Gasteiger partial charge in [-0.3, -0.25) is 4.90 Å². The smallest absolute Gasteiger partial charge is 0.406 e. The lowest BCUT2D eigenvalue weighted by molar-refractivity contribution is -0.274. The number of hydrogen-bond acceptors (Lipinski definition) is 2. The molecule has 1 fully saturated rings. The van der Waals surface area contributed by atoms with Crippen LogP contribution < -0.4 is 4.74 Å². The first-order valence-electron chi connectivity index (χ1n) is 6.13. The predicted octanol–water partition coefficient (Wildman–Crippen LogP) is 4.33. The van der Waals surface area contributed by atoms with Crippen molar-refractivity contribution in [3.63, 3.8) is 0 Å². The van der Waals surface area contributed by atoms with Gasteiger partial charge in [0.05, 0.1) is 0 Å². The van der Waals surface area contributed by atoms with Crippen LogP contribution in [0.15, 0.2) is 22.7 Å². The van der Waals surface area contributed by atoms with Crippen LogP contribution in [0.4, 0.5) is 13.2 Å². The highest BCUT2D eigenvalue weighted by molar-refractivity contribution is 9.10. The van der Waals surface area contributed by atoms with Crippen molar-refractivity contribution in [3.05, 3.63) is 28.2 Å². The van der Waals surface area contributed by atoms with Crippen LogP contribution in [0.1, 0.15) is 25.3 Å². The molecular weight excluding hydrogens is 323 g/mol. The summed E-state index contributed by atoms with van der Waals surface area (Å²) in [5, 5.41) is 0. The maximum absolute atomic E-state index is 12.2. The number of ether oxygens (including phenoxy) is 1. The van der Waals surface area contributed by atoms with E-state index in [1.165, 1.54) is 12.1 Å². The third kappa shape index (κ3) is 4.11. The Morgan fingerprint density at radius 3 is 2.74 bits per heavy atom. The number of alkyl halides is 3. The normalized spacial score (nSPS) is 20.8. The highest BCUT2D eigenvalue weighted by Crippen LogP contribution is 2.29. The van der Waals surface area contributed by atoms with Crippen LogP contribution >= 0.6 is 15.9 Å². The molecule has 0 aliphatic carbocycles. The molecule has 0 saturated carbocycles. The Bertz CT molecular complexity index is 450. The lowest BCUT2D eigenvalue weighted by atomic mass is 10.2. The summed E-state index contributed by atoms with van der Waals surface area (Å²) in [6, 6.07) is 4.83. The molecule has 0 aromatic heterocycles. The van der Waals surface area contributed by atoms with Gasteiger partial charge in [0.2, 0.25) is 0 Å². The van der Waals surface area contributed by atoms with Crippen LogP contribution in [0.5, 0.6) is 5.75 Å². The molecule has 0 radical (unpaired) electrons. The molecule has 0 spiro atoms. The summed E-state index contributed by atoms with van der Waals surface area (Å²) in [5.41, 5.74) is 0.815. The summed E-state index contributed by atoms with van der Waals surface area (Å²) >= 11 is 3.37. The summed E-state index contributed by atoms with van der Waals surface area (Å²) in [7, 11) is 0. The topological polar surface area (TPSA) is 12.5 Å². The van der Waals surface area contributed by atoms with E-state index in [4.69, 9.17) is 0 Å². The molecule has 1 aliphatic heterocycles. The Morgan fingerprint density at radius 2 is 2.16 bits per heavy atom. The fourth-order valence-corrected chi connectivity index (χ4v) is 2.69. The van der Waals surface area contributed by atoms with Crippen LogP contribution in [0.2, 0.25) is 0 Å². The molecule has 6 heteroatoms. The minimum absolute atomic E-state index is 0.169. The van der Waals surface area contributed by atoms with E-state index in [2.05, 4.69) is 32.5 Å². The van der Waals surface area contributed by atoms with Gasteiger partial charge in [0, 0.05) is 17.1 Å². The number of halogens is 4. The minimum Gasteiger partial charge on any atom is -0.406 e. The zero-order valence-electron chi connectivity index (χ0n) is 10.5. The van der Waals surface area contributed by atoms with Gasteiger partial charge in [0.1, 0.15) is 5.75 Å². The van der Waals surface area contributed by atoms with Gasteiger partial charge >= 0.3 is 6.36 Å². The van der Waals surface area contributed by atoms with Crippen molar-refractivity contribution >= 4 is 15.9 Å². The standard InChI is InChI=1S/C13H15BrF3NO/c1-9-3-2-6-18(9)8-10-7-11(4-5-12(10)14)19-13(15,16)17/h4-5,7,9H,2-3,6,8H2,1H3/t9-/m0/s1. The zero-order valence-corrected chi connectivity index (χ0v) is 12.1. The van der Waals surface area contributed by atoms with Crippen LogP contribution in [-0.4, -0.2) is 23.8 Å². The molecular formula is C13H15BrF3NO. The summed E-state index contributed by atoms with van der Waals surface area (Å²) in [4.78, 5) is 2.26. The zero-order chi connectivity index (χ0) is 14.0. The highest BCUT2D eigenvalue weighted by atomic mass is 79.9. The van der Waals surface area contributed by atoms with Crippen molar-refractivity contribution in [1.29, 1.82) is 0 Å². The minimum atomic E-state index is -4.65. The third-order valence-corrected chi connectivity index (χ3v) is 4.09. The summed E-state index contributed by atoms with van der Waals surface area (Å²) in [6.07, 6.45) is -2.38. The average molecular weight is 338 g/mol. The van der Waals surface area contributed by atoms with Crippen molar-refractivity contribution in [2.24, 2.45) is 0 Å². The van der Waals surface area contributed by atoms with Crippen LogP contribution in [-0.2, 0) is 6.54 Å². The largest absolute Gasteiger partial charge is 0.573 e. The first-order chi connectivity index (χ1) is 8.85. The van der Waals surface area contributed by atoms with Crippen LogP contribution in [0, 0.1) is 0 Å². The molecule has 1 aromatic carbocycles. The van der Waals surface area contributed by atoms with Crippen molar-refractivity contribution < 1.29 is 17.9 Å². The van der Waals surface area contributed by atoms with Crippen molar-refractivity contribution in [3.8, 4) is 5.75 Å². The molecule has 1 aliphatic rings. The van der Waals surface area contributed by atoms with Crippen molar-refractivity contribution in [2.45, 2.75) is 38.7 Å². The van der Waals surface area contributed by atoms with Gasteiger partial charge in [-0.05, 0) is 50.1 Å². The third-order valence-electron chi connectivity index (χ3n) is 3.31. The van der Waals surface area contributed by atoms with E-state index in [0.29, 0.717) is 12.6 Å². The van der Waals surface area contributed by atoms with Crippen molar-refractivity contribution in [1.82, 2.24) is 4.90 Å². The summed E-state index contributed by atoms with van der Waals surface area (Å²) in [5.74, 6) is -0.169. The van der Waals surface area contributed by atoms with E-state index in [1.807, 2.05) is 0 Å². The van der Waals surface area contributed by atoms with Gasteiger partial charge in [-0.25, -0.2) is 0 Å². The number of hydrogen-bond donors (Lipinski definition) is 0. The molecule has 1 heterocycles. The maximum Gasteiger partial charge on any atom is 0.573 e. The Labute approximate surface area is 118 Å². The molecule has 1 saturated heterocycles. The van der Waals surface area contributed by atoms with E-state index < -0.39 is 6.36 Å². The maximum atomic E-state index is 12.2. The Hall–Kier alpha value is -0.750. The van der Waals surface area contributed by atoms with Crippen LogP contribution in [0.25, 0.3) is 0 Å². The predicted molar refractivity (Wildman–Crippen MR) is 69.9 cm³/mol. The molecule has 106 valence electrons. The molecule has 2 rings (SSSR count). The van der Waals surface area contributed by atoms with E-state index in [9.17, 15) is 13.2 Å². The second-order valence-electron chi connectivity index (χ2n) is 4.76. The first kappa shape index (κ1) is 14.7. The summed E-state index contributed by atoms with van der Waals surface area (Å²) < 4.78 is 41.3. The van der Waals surface area contributed by atoms with Gasteiger partial charge < -0.3 is 4.74 Å². The number of likely N-dealkylation sites (tertiary alicyclic amines) is 1. The average Bonchev–Trinajstić information content (AvgIpc) is 2.67. The first-order valence-corrected chi connectivity index (χ1v) is 6.93. The van der Waals surface area contributed by atoms with Gasteiger partial charge in [-0.1, -0.05) is 15.9 Å². The second-order valence-corrected chi connectivity index (χ2v) is 5.62. The van der Waals surface area contributed by atoms with E-state index in [0.717, 1.165) is 29.4 Å². The molecule has 0 amide bonds. The molecule has 1 atom stereocenters. The quantitative estimate of drug-likeness (QED) is 0.813. The highest BCUT2D eigenvalue weighted by Gasteiger charge is 2.31. The number of rotatable bonds is 3. The SMILES string of the molecule is C[C@H]1CCCN1Cc1cc(OC(F)(F)F)ccc1Br. The van der Waals surface area contributed by atoms with Gasteiger partial charge in [0.25, 0.3) is 0 Å². The lowest BCUT2D eigenvalue weighted by Gasteiger charge is -2.22. The van der Waals surface area contributed by atoms with Crippen molar-refractivity contribution in [2.75, 3.05) is 6.54 Å². The molecule has 1 aromatic rings. The van der Waals surface area contributed by atoms with Gasteiger partial charge in [-0.15, -0.1) is 13.2 Å². The van der Waals surface area contributed by atoms with E-state index >= 15 is 0 Å². The van der Waals surface area contributed by atoms with E-state index in [-0.39, 0.29) is 5.75 Å².